The normalized spacial score (nSPS) is 15.0. The number of Topliss-reactive ketones (excluding diaryl/α,β-unsaturated/α-hetero) is 1. The molecule has 0 aromatic heterocycles. The van der Waals surface area contributed by atoms with Crippen LogP contribution in [0.1, 0.15) is 95.9 Å². The highest BCUT2D eigenvalue weighted by molar-refractivity contribution is 6.03. The van der Waals surface area contributed by atoms with E-state index in [9.17, 15) is 9.59 Å². The van der Waals surface area contributed by atoms with Crippen molar-refractivity contribution >= 4 is 28.8 Å². The molecule has 0 spiro atoms. The number of aryl methyl sites for hydroxylation is 1. The summed E-state index contributed by atoms with van der Waals surface area (Å²) in [6.07, 6.45) is 7.08. The lowest BCUT2D eigenvalue weighted by Gasteiger charge is -2.20. The van der Waals surface area contributed by atoms with Gasteiger partial charge < -0.3 is 21.2 Å². The number of nitrogens with one attached hydrogen (secondary N) is 3. The number of carbonyl (C=O) groups is 2. The number of hydrogen-bond acceptors (Lipinski definition) is 7. The van der Waals surface area contributed by atoms with Crippen LogP contribution in [0.5, 0.6) is 5.75 Å². The van der Waals surface area contributed by atoms with Crippen molar-refractivity contribution in [3.05, 3.63) is 64.3 Å². The number of benzene rings is 2. The first kappa shape index (κ1) is 34.6. The molecular weight excluding hydrogens is 526 g/mol. The Bertz CT molecular complexity index is 1260. The van der Waals surface area contributed by atoms with Crippen molar-refractivity contribution < 1.29 is 14.3 Å². The number of unbranched alkanes of at least 4 members (excludes halogenated alkanes) is 1. The molecule has 1 saturated carbocycles. The lowest BCUT2D eigenvalue weighted by atomic mass is 9.93. The maximum absolute atomic E-state index is 12.1. The van der Waals surface area contributed by atoms with Crippen LogP contribution in [-0.4, -0.2) is 31.1 Å². The molecule has 8 nitrogen and oxygen atoms in total. The van der Waals surface area contributed by atoms with Crippen LogP contribution < -0.4 is 26.6 Å². The minimum absolute atomic E-state index is 0.0141. The van der Waals surface area contributed by atoms with Crippen molar-refractivity contribution in [2.75, 3.05) is 19.1 Å². The van der Waals surface area contributed by atoms with Crippen LogP contribution in [0.2, 0.25) is 0 Å². The maximum Gasteiger partial charge on any atom is 0.226 e. The third-order valence-corrected chi connectivity index (χ3v) is 7.38. The first-order valence-corrected chi connectivity index (χ1v) is 15.2. The molecule has 1 heterocycles. The number of carbonyl (C=O) groups excluding carboxylic acids is 2. The fourth-order valence-electron chi connectivity index (χ4n) is 4.31. The summed E-state index contributed by atoms with van der Waals surface area (Å²) < 4.78 is 5.56. The van der Waals surface area contributed by atoms with Gasteiger partial charge in [-0.05, 0) is 62.9 Å². The van der Waals surface area contributed by atoms with Crippen molar-refractivity contribution in [1.29, 1.82) is 0 Å². The van der Waals surface area contributed by atoms with Gasteiger partial charge in [0.05, 0.1) is 17.3 Å². The van der Waals surface area contributed by atoms with Crippen molar-refractivity contribution in [1.82, 2.24) is 10.7 Å². The number of hydrogen-bond donors (Lipinski definition) is 4. The highest BCUT2D eigenvalue weighted by atomic mass is 16.5. The molecule has 4 rings (SSSR count). The number of ketones is 1. The molecular formula is C34H51N5O3. The van der Waals surface area contributed by atoms with E-state index in [1.165, 1.54) is 39.0 Å². The number of amides is 1. The number of hydrazine groups is 1. The Morgan fingerprint density at radius 3 is 2.33 bits per heavy atom. The molecule has 0 saturated heterocycles. The summed E-state index contributed by atoms with van der Waals surface area (Å²) in [6, 6.07) is 11.5. The number of ether oxygens (including phenoxy) is 1. The molecule has 42 heavy (non-hydrogen) atoms. The number of primary amides is 1. The summed E-state index contributed by atoms with van der Waals surface area (Å²) >= 11 is 0. The number of nitrogens with two attached hydrogens (primary N) is 1. The zero-order valence-corrected chi connectivity index (χ0v) is 26.8. The third-order valence-electron chi connectivity index (χ3n) is 7.38. The fourth-order valence-corrected chi connectivity index (χ4v) is 4.31. The molecule has 1 atom stereocenters. The second-order valence-corrected chi connectivity index (χ2v) is 11.0. The Labute approximate surface area is 252 Å². The second-order valence-electron chi connectivity index (χ2n) is 11.0. The fraction of sp³-hybridized carbons (Fsp3) is 0.500. The smallest absolute Gasteiger partial charge is 0.226 e. The summed E-state index contributed by atoms with van der Waals surface area (Å²) in [7, 11) is 1.77. The van der Waals surface area contributed by atoms with E-state index in [-0.39, 0.29) is 12.4 Å². The Morgan fingerprint density at radius 2 is 1.81 bits per heavy atom. The number of nitrogens with zero attached hydrogens (tertiary/aromatic N) is 1. The topological polar surface area (TPSA) is 118 Å². The first-order valence-electron chi connectivity index (χ1n) is 15.2. The van der Waals surface area contributed by atoms with Gasteiger partial charge in [-0.15, -0.1) is 0 Å². The van der Waals surface area contributed by atoms with E-state index in [0.717, 1.165) is 39.6 Å². The molecule has 230 valence electrons. The molecule has 0 bridgehead atoms. The molecule has 5 N–H and O–H groups in total. The van der Waals surface area contributed by atoms with Crippen LogP contribution in [0.3, 0.4) is 0 Å². The molecule has 1 unspecified atom stereocenters. The standard InChI is InChI=1S/C25H31N5O3.C5H10.C4H10/c1-14-9-10-21-20(12-28-30-21)22(14)24(23(27-5)16(3)25(26)32)29-17(4)18-7-6-8-19(11-18)33-13-15(2)31;1-2-5-3-4-5;1-3-4-2/h6-11,16,27-28,30H,12-13H2,1-5H3,(H2,26,32);5H,2-4H2,1H3;3-4H2,1-2H3/b24-23+,29-17?;;. The summed E-state index contributed by atoms with van der Waals surface area (Å²) in [5, 5.41) is 3.17. The van der Waals surface area contributed by atoms with E-state index in [0.29, 0.717) is 23.7 Å². The Balaban J connectivity index is 0.000000588. The van der Waals surface area contributed by atoms with E-state index >= 15 is 0 Å². The van der Waals surface area contributed by atoms with Crippen LogP contribution in [0, 0.1) is 18.8 Å². The van der Waals surface area contributed by atoms with Crippen molar-refractivity contribution in [2.45, 2.75) is 87.1 Å². The third kappa shape index (κ3) is 10.3. The van der Waals surface area contributed by atoms with Gasteiger partial charge in [-0.1, -0.05) is 71.1 Å². The van der Waals surface area contributed by atoms with Gasteiger partial charge in [-0.3, -0.25) is 14.6 Å². The van der Waals surface area contributed by atoms with Crippen LogP contribution in [0.4, 0.5) is 5.69 Å². The summed E-state index contributed by atoms with van der Waals surface area (Å²) in [5.74, 6) is 0.670. The Morgan fingerprint density at radius 1 is 1.12 bits per heavy atom. The maximum atomic E-state index is 12.1. The first-order chi connectivity index (χ1) is 20.1. The number of rotatable bonds is 11. The van der Waals surface area contributed by atoms with Gasteiger partial charge in [0.15, 0.2) is 5.78 Å². The van der Waals surface area contributed by atoms with Crippen molar-refractivity contribution in [3.63, 3.8) is 0 Å². The largest absolute Gasteiger partial charge is 0.486 e. The number of fused-ring (bicyclic) bond motifs is 1. The van der Waals surface area contributed by atoms with E-state index in [4.69, 9.17) is 15.5 Å². The van der Waals surface area contributed by atoms with Crippen LogP contribution in [0.15, 0.2) is 47.1 Å². The second kappa shape index (κ2) is 17.3. The van der Waals surface area contributed by atoms with Crippen molar-refractivity contribution in [2.24, 2.45) is 22.6 Å². The van der Waals surface area contributed by atoms with Gasteiger partial charge in [0, 0.05) is 36.1 Å². The van der Waals surface area contributed by atoms with Gasteiger partial charge >= 0.3 is 0 Å². The predicted octanol–water partition coefficient (Wildman–Crippen LogP) is 6.52. The van der Waals surface area contributed by atoms with E-state index in [1.807, 2.05) is 44.2 Å². The lowest BCUT2D eigenvalue weighted by molar-refractivity contribution is -0.120. The monoisotopic (exact) mass is 577 g/mol. The molecule has 0 radical (unpaired) electrons. The minimum atomic E-state index is -0.565. The van der Waals surface area contributed by atoms with Gasteiger partial charge in [0.25, 0.3) is 0 Å². The molecule has 8 heteroatoms. The highest BCUT2D eigenvalue weighted by Gasteiger charge is 2.25. The van der Waals surface area contributed by atoms with E-state index in [2.05, 4.69) is 36.9 Å². The average molecular weight is 578 g/mol. The van der Waals surface area contributed by atoms with Gasteiger partial charge in [-0.2, -0.15) is 0 Å². The number of anilines is 1. The lowest BCUT2D eigenvalue weighted by Crippen LogP contribution is -2.28. The van der Waals surface area contributed by atoms with Gasteiger partial charge in [0.1, 0.15) is 12.4 Å². The summed E-state index contributed by atoms with van der Waals surface area (Å²) in [6.45, 7) is 14.4. The Kier molecular flexibility index (Phi) is 14.3. The van der Waals surface area contributed by atoms with Crippen LogP contribution in [-0.2, 0) is 16.1 Å². The average Bonchev–Trinajstić information content (AvgIpc) is 3.72. The molecule has 2 aliphatic rings. The minimum Gasteiger partial charge on any atom is -0.486 e. The predicted molar refractivity (Wildman–Crippen MR) is 174 cm³/mol. The Hall–Kier alpha value is -3.65. The summed E-state index contributed by atoms with van der Waals surface area (Å²) in [5.41, 5.74) is 18.9. The zero-order valence-electron chi connectivity index (χ0n) is 26.8. The van der Waals surface area contributed by atoms with Gasteiger partial charge in [-0.25, -0.2) is 5.43 Å². The molecule has 1 aliphatic heterocycles. The van der Waals surface area contributed by atoms with E-state index < -0.39 is 11.8 Å². The highest BCUT2D eigenvalue weighted by Crippen LogP contribution is 2.35. The summed E-state index contributed by atoms with van der Waals surface area (Å²) in [4.78, 5) is 28.4. The molecule has 1 aliphatic carbocycles. The van der Waals surface area contributed by atoms with Gasteiger partial charge in [0.2, 0.25) is 5.91 Å². The molecule has 2 aromatic carbocycles. The van der Waals surface area contributed by atoms with Crippen LogP contribution in [0.25, 0.3) is 5.70 Å². The van der Waals surface area contributed by atoms with Crippen LogP contribution >= 0.6 is 0 Å². The zero-order chi connectivity index (χ0) is 31.2. The SMILES string of the molecule is CCC1CC1.CCCC.CN/C(=C(/N=C(C)c1cccc(OCC(C)=O)c1)c1c(C)ccc2c1CNN2)C(C)C(N)=O. The van der Waals surface area contributed by atoms with Crippen molar-refractivity contribution in [3.8, 4) is 5.75 Å². The number of aliphatic imine (C=N–C) groups is 1. The molecule has 1 amide bonds. The molecule has 1 fully saturated rings. The molecule has 2 aromatic rings. The quantitative estimate of drug-likeness (QED) is 0.226. The van der Waals surface area contributed by atoms with E-state index in [1.54, 1.807) is 20.0 Å².